The molecule has 1 aromatic rings. The number of nitro groups is 1. The van der Waals surface area contributed by atoms with Crippen LogP contribution in [0.4, 0.5) is 10.5 Å². The molecule has 0 radical (unpaired) electrons. The summed E-state index contributed by atoms with van der Waals surface area (Å²) in [5, 5.41) is 14.2. The first-order valence-corrected chi connectivity index (χ1v) is 11.5. The van der Waals surface area contributed by atoms with Crippen LogP contribution in [-0.2, 0) is 16.1 Å². The van der Waals surface area contributed by atoms with E-state index in [0.29, 0.717) is 24.4 Å². The molecule has 33 heavy (non-hydrogen) atoms. The van der Waals surface area contributed by atoms with E-state index < -0.39 is 11.0 Å². The summed E-state index contributed by atoms with van der Waals surface area (Å²) in [5.74, 6) is 0.284. The molecule has 2 aliphatic heterocycles. The summed E-state index contributed by atoms with van der Waals surface area (Å²) in [5.41, 5.74) is 1.21. The minimum atomic E-state index is -0.718. The first-order valence-electron chi connectivity index (χ1n) is 11.0. The SMILES string of the molecule is CNC(C(C)=NC(=O)OCc1ccc([N+](=O)[O-])cc1)[C@@H]1CCN(C(=O)[C@@H]2C[C@H](S)CN2C)C1. The fourth-order valence-corrected chi connectivity index (χ4v) is 5.08. The van der Waals surface area contributed by atoms with Crippen molar-refractivity contribution in [3.63, 3.8) is 0 Å². The Hall–Kier alpha value is -2.50. The Morgan fingerprint density at radius 2 is 2.03 bits per heavy atom. The highest BCUT2D eigenvalue weighted by molar-refractivity contribution is 7.81. The van der Waals surface area contributed by atoms with Gasteiger partial charge in [0.25, 0.3) is 5.69 Å². The lowest BCUT2D eigenvalue weighted by Gasteiger charge is -2.26. The minimum absolute atomic E-state index is 0.0232. The van der Waals surface area contributed by atoms with E-state index in [9.17, 15) is 19.7 Å². The molecule has 2 aliphatic rings. The molecule has 0 saturated carbocycles. The van der Waals surface area contributed by atoms with Gasteiger partial charge in [-0.25, -0.2) is 4.79 Å². The number of nitrogens with zero attached hydrogens (tertiary/aromatic N) is 4. The standard InChI is InChI=1S/C22H31N5O5S/c1-14(24-22(29)32-13-15-4-6-17(7-5-15)27(30)31)20(23-2)16-8-9-26(11-16)21(28)19-10-18(33)12-25(19)3/h4-7,16,18-20,23,33H,8-13H2,1-3H3/t16-,18+,19+,20?/m1/s1. The lowest BCUT2D eigenvalue weighted by atomic mass is 9.95. The largest absolute Gasteiger partial charge is 0.443 e. The highest BCUT2D eigenvalue weighted by Gasteiger charge is 2.39. The van der Waals surface area contributed by atoms with Gasteiger partial charge in [-0.15, -0.1) is 0 Å². The third kappa shape index (κ3) is 6.30. The molecule has 180 valence electrons. The van der Waals surface area contributed by atoms with Gasteiger partial charge in [-0.3, -0.25) is 19.8 Å². The number of rotatable bonds is 7. The maximum absolute atomic E-state index is 13.0. The van der Waals surface area contributed by atoms with Crippen molar-refractivity contribution in [2.75, 3.05) is 33.7 Å². The summed E-state index contributed by atoms with van der Waals surface area (Å²) < 4.78 is 5.20. The van der Waals surface area contributed by atoms with E-state index >= 15 is 0 Å². The molecule has 0 spiro atoms. The summed E-state index contributed by atoms with van der Waals surface area (Å²) in [6.07, 6.45) is 0.864. The molecule has 1 N–H and O–H groups in total. The Morgan fingerprint density at radius 3 is 2.61 bits per heavy atom. The van der Waals surface area contributed by atoms with Crippen LogP contribution in [0.1, 0.15) is 25.3 Å². The van der Waals surface area contributed by atoms with Crippen molar-refractivity contribution in [3.05, 3.63) is 39.9 Å². The average molecular weight is 478 g/mol. The quantitative estimate of drug-likeness (QED) is 0.267. The van der Waals surface area contributed by atoms with Gasteiger partial charge in [-0.2, -0.15) is 17.6 Å². The van der Waals surface area contributed by atoms with Crippen LogP contribution in [0.3, 0.4) is 0 Å². The number of carbonyl (C=O) groups excluding carboxylic acids is 2. The van der Waals surface area contributed by atoms with E-state index in [1.54, 1.807) is 19.1 Å². The molecule has 10 nitrogen and oxygen atoms in total. The number of thiol groups is 1. The van der Waals surface area contributed by atoms with Crippen LogP contribution in [0.15, 0.2) is 29.3 Å². The number of likely N-dealkylation sites (tertiary alicyclic amines) is 2. The van der Waals surface area contributed by atoms with Crippen molar-refractivity contribution in [1.82, 2.24) is 15.1 Å². The fourth-order valence-electron chi connectivity index (χ4n) is 4.62. The molecule has 0 bridgehead atoms. The number of hydrogen-bond donors (Lipinski definition) is 2. The molecule has 2 heterocycles. The first kappa shape index (κ1) is 25.1. The van der Waals surface area contributed by atoms with Gasteiger partial charge in [0, 0.05) is 48.8 Å². The maximum Gasteiger partial charge on any atom is 0.433 e. The minimum Gasteiger partial charge on any atom is -0.443 e. The first-order chi connectivity index (χ1) is 15.7. The zero-order chi connectivity index (χ0) is 24.1. The number of nitro benzene ring substituents is 1. The molecule has 2 amide bonds. The Balaban J connectivity index is 1.54. The van der Waals surface area contributed by atoms with Crippen molar-refractivity contribution < 1.29 is 19.2 Å². The highest BCUT2D eigenvalue weighted by Crippen LogP contribution is 2.26. The Kier molecular flexibility index (Phi) is 8.44. The number of ether oxygens (including phenoxy) is 1. The van der Waals surface area contributed by atoms with Gasteiger partial charge >= 0.3 is 6.09 Å². The summed E-state index contributed by atoms with van der Waals surface area (Å²) in [7, 11) is 3.77. The van der Waals surface area contributed by atoms with Gasteiger partial charge in [-0.1, -0.05) is 0 Å². The third-order valence-electron chi connectivity index (χ3n) is 6.36. The van der Waals surface area contributed by atoms with Crippen molar-refractivity contribution in [2.24, 2.45) is 10.9 Å². The monoisotopic (exact) mass is 477 g/mol. The van der Waals surface area contributed by atoms with E-state index in [1.165, 1.54) is 12.1 Å². The van der Waals surface area contributed by atoms with Crippen molar-refractivity contribution in [1.29, 1.82) is 0 Å². The summed E-state index contributed by atoms with van der Waals surface area (Å²) >= 11 is 4.52. The van der Waals surface area contributed by atoms with E-state index in [0.717, 1.165) is 19.4 Å². The highest BCUT2D eigenvalue weighted by atomic mass is 32.1. The number of nitrogens with one attached hydrogen (secondary N) is 1. The van der Waals surface area contributed by atoms with Gasteiger partial charge in [0.1, 0.15) is 6.61 Å². The summed E-state index contributed by atoms with van der Waals surface area (Å²) in [4.78, 5) is 43.5. The van der Waals surface area contributed by atoms with Gasteiger partial charge in [0.2, 0.25) is 5.91 Å². The van der Waals surface area contributed by atoms with Crippen LogP contribution < -0.4 is 5.32 Å². The summed E-state index contributed by atoms with van der Waals surface area (Å²) in [6.45, 7) is 3.85. The zero-order valence-corrected chi connectivity index (χ0v) is 20.0. The van der Waals surface area contributed by atoms with Gasteiger partial charge in [0.05, 0.1) is 11.0 Å². The van der Waals surface area contributed by atoms with Crippen LogP contribution in [0, 0.1) is 16.0 Å². The van der Waals surface area contributed by atoms with Crippen molar-refractivity contribution in [2.45, 2.75) is 43.7 Å². The zero-order valence-electron chi connectivity index (χ0n) is 19.1. The number of hydrogen-bond acceptors (Lipinski definition) is 8. The smallest absolute Gasteiger partial charge is 0.433 e. The van der Waals surface area contributed by atoms with E-state index in [4.69, 9.17) is 4.74 Å². The molecule has 1 unspecified atom stereocenters. The number of non-ortho nitro benzene ring substituents is 1. The predicted molar refractivity (Wildman–Crippen MR) is 128 cm³/mol. The molecule has 1 aromatic carbocycles. The number of likely N-dealkylation sites (N-methyl/N-ethyl adjacent to an activating group) is 1. The van der Waals surface area contributed by atoms with Gasteiger partial charge in [0.15, 0.2) is 0 Å². The lowest BCUT2D eigenvalue weighted by molar-refractivity contribution is -0.384. The topological polar surface area (TPSA) is 117 Å². The van der Waals surface area contributed by atoms with Crippen LogP contribution in [0.5, 0.6) is 0 Å². The lowest BCUT2D eigenvalue weighted by Crippen LogP contribution is -2.45. The fraction of sp³-hybridized carbons (Fsp3) is 0.591. The number of benzene rings is 1. The van der Waals surface area contributed by atoms with Crippen LogP contribution in [-0.4, -0.2) is 83.5 Å². The van der Waals surface area contributed by atoms with E-state index in [-0.39, 0.29) is 41.5 Å². The maximum atomic E-state index is 13.0. The second-order valence-electron chi connectivity index (χ2n) is 8.68. The van der Waals surface area contributed by atoms with Crippen molar-refractivity contribution in [3.8, 4) is 0 Å². The molecule has 4 atom stereocenters. The average Bonchev–Trinajstić information content (AvgIpc) is 3.39. The molecule has 11 heteroatoms. The van der Waals surface area contributed by atoms with E-state index in [1.807, 2.05) is 19.0 Å². The molecule has 0 aliphatic carbocycles. The third-order valence-corrected chi connectivity index (χ3v) is 6.73. The Morgan fingerprint density at radius 1 is 1.33 bits per heavy atom. The van der Waals surface area contributed by atoms with Crippen LogP contribution in [0.2, 0.25) is 0 Å². The molecular weight excluding hydrogens is 446 g/mol. The van der Waals surface area contributed by atoms with Gasteiger partial charge < -0.3 is 15.0 Å². The molecule has 2 saturated heterocycles. The van der Waals surface area contributed by atoms with Gasteiger partial charge in [-0.05, 0) is 57.5 Å². The predicted octanol–water partition coefficient (Wildman–Crippen LogP) is 2.13. The Bertz CT molecular complexity index is 909. The van der Waals surface area contributed by atoms with Crippen LogP contribution >= 0.6 is 12.6 Å². The normalized spacial score (nSPS) is 24.7. The number of carbonyl (C=O) groups is 2. The molecule has 0 aromatic heterocycles. The van der Waals surface area contributed by atoms with Crippen LogP contribution in [0.25, 0.3) is 0 Å². The molecule has 3 rings (SSSR count). The molecular formula is C22H31N5O5S. The summed E-state index contributed by atoms with van der Waals surface area (Å²) in [6, 6.07) is 5.53. The number of amides is 2. The second kappa shape index (κ2) is 11.1. The second-order valence-corrected chi connectivity index (χ2v) is 9.41. The van der Waals surface area contributed by atoms with Crippen molar-refractivity contribution >= 4 is 36.0 Å². The molecule has 2 fully saturated rings. The number of aliphatic imine (C=N–C) groups is 1. The van der Waals surface area contributed by atoms with E-state index in [2.05, 4.69) is 27.8 Å². The Labute approximate surface area is 198 Å².